The van der Waals surface area contributed by atoms with Crippen molar-refractivity contribution in [3.8, 4) is 0 Å². The monoisotopic (exact) mass is 142 g/mol. The molecule has 2 rings (SSSR count). The lowest BCUT2D eigenvalue weighted by molar-refractivity contribution is 1.40. The fourth-order valence-electron chi connectivity index (χ4n) is 1.34. The van der Waals surface area contributed by atoms with Crippen LogP contribution in [0.25, 0.3) is 18.7 Å². The van der Waals surface area contributed by atoms with Gasteiger partial charge in [0.05, 0.1) is 0 Å². The molecule has 1 aromatic rings. The molecular formula is C11H10. The Bertz CT molecular complexity index is 397. The highest BCUT2D eigenvalue weighted by molar-refractivity contribution is 5.57. The standard InChI is InChI=1S/C11H10/c1-9-6-7-10-4-2-3-5-11(10)8-9/h3-8H,1-2H2. The number of benzene rings is 1. The maximum atomic E-state index is 3.88. The first kappa shape index (κ1) is 6.41. The molecule has 0 spiro atoms. The van der Waals surface area contributed by atoms with Gasteiger partial charge in [0, 0.05) is 0 Å². The van der Waals surface area contributed by atoms with E-state index in [1.54, 1.807) is 0 Å². The Labute approximate surface area is 66.2 Å². The number of fused-ring (bicyclic) bond motifs is 1. The summed E-state index contributed by atoms with van der Waals surface area (Å²) in [5.74, 6) is 0. The molecule has 1 aromatic carbocycles. The number of hydrogen-bond acceptors (Lipinski definition) is 0. The van der Waals surface area contributed by atoms with Gasteiger partial charge in [-0.3, -0.25) is 0 Å². The summed E-state index contributed by atoms with van der Waals surface area (Å²) in [5.41, 5.74) is 1.30. The Kier molecular flexibility index (Phi) is 1.39. The summed E-state index contributed by atoms with van der Waals surface area (Å²) in [4.78, 5) is 0. The zero-order valence-electron chi connectivity index (χ0n) is 6.38. The summed E-state index contributed by atoms with van der Waals surface area (Å²) >= 11 is 0. The fourth-order valence-corrected chi connectivity index (χ4v) is 1.34. The molecule has 0 bridgehead atoms. The number of hydrogen-bond donors (Lipinski definition) is 0. The van der Waals surface area contributed by atoms with Gasteiger partial charge < -0.3 is 0 Å². The molecule has 1 aliphatic carbocycles. The van der Waals surface area contributed by atoms with Crippen LogP contribution in [0.3, 0.4) is 0 Å². The van der Waals surface area contributed by atoms with Gasteiger partial charge in [0.15, 0.2) is 0 Å². The third-order valence-electron chi connectivity index (χ3n) is 1.92. The van der Waals surface area contributed by atoms with E-state index in [4.69, 9.17) is 0 Å². The second-order valence-corrected chi connectivity index (χ2v) is 2.81. The first-order chi connectivity index (χ1) is 5.36. The van der Waals surface area contributed by atoms with Crippen molar-refractivity contribution in [1.82, 2.24) is 0 Å². The molecule has 0 aromatic heterocycles. The number of allylic oxidation sites excluding steroid dienone is 1. The molecule has 0 fully saturated rings. The lowest BCUT2D eigenvalue weighted by atomic mass is 10.1. The molecule has 0 saturated carbocycles. The highest BCUT2D eigenvalue weighted by atomic mass is 14.0. The van der Waals surface area contributed by atoms with Crippen molar-refractivity contribution < 1.29 is 0 Å². The summed E-state index contributed by atoms with van der Waals surface area (Å²) < 4.78 is 0. The van der Waals surface area contributed by atoms with Crippen LogP contribution in [0.1, 0.15) is 12.0 Å². The van der Waals surface area contributed by atoms with Crippen LogP contribution in [-0.2, 0) is 0 Å². The highest BCUT2D eigenvalue weighted by Gasteiger charge is 1.92. The van der Waals surface area contributed by atoms with E-state index in [2.05, 4.69) is 43.0 Å². The predicted molar refractivity (Wildman–Crippen MR) is 49.3 cm³/mol. The van der Waals surface area contributed by atoms with Gasteiger partial charge in [-0.05, 0) is 28.5 Å². The van der Waals surface area contributed by atoms with Gasteiger partial charge in [-0.15, -0.1) is 0 Å². The molecule has 0 heterocycles. The van der Waals surface area contributed by atoms with E-state index in [1.807, 2.05) is 0 Å². The molecule has 0 nitrogen and oxygen atoms in total. The summed E-state index contributed by atoms with van der Waals surface area (Å²) in [7, 11) is 0. The third-order valence-corrected chi connectivity index (χ3v) is 1.92. The van der Waals surface area contributed by atoms with E-state index < -0.39 is 0 Å². The molecule has 0 aliphatic heterocycles. The lowest BCUT2D eigenvalue weighted by Gasteiger charge is -1.99. The molecule has 1 aliphatic rings. The van der Waals surface area contributed by atoms with Crippen molar-refractivity contribution in [3.05, 3.63) is 40.3 Å². The van der Waals surface area contributed by atoms with E-state index in [0.29, 0.717) is 0 Å². The third kappa shape index (κ3) is 1.12. The minimum atomic E-state index is 1.06. The molecule has 0 heteroatoms. The smallest absolute Gasteiger partial charge is 0.0157 e. The first-order valence-electron chi connectivity index (χ1n) is 3.82. The van der Waals surface area contributed by atoms with Crippen molar-refractivity contribution in [2.24, 2.45) is 0 Å². The molecule has 0 amide bonds. The Morgan fingerprint density at radius 1 is 1.27 bits per heavy atom. The Balaban J connectivity index is 2.80. The second-order valence-electron chi connectivity index (χ2n) is 2.81. The van der Waals surface area contributed by atoms with Gasteiger partial charge >= 0.3 is 0 Å². The highest BCUT2D eigenvalue weighted by Crippen LogP contribution is 1.99. The molecule has 0 radical (unpaired) electrons. The van der Waals surface area contributed by atoms with Crippen LogP contribution in [-0.4, -0.2) is 0 Å². The maximum absolute atomic E-state index is 3.88. The summed E-state index contributed by atoms with van der Waals surface area (Å²) in [5, 5.41) is 2.42. The Morgan fingerprint density at radius 2 is 2.18 bits per heavy atom. The predicted octanol–water partition coefficient (Wildman–Crippen LogP) is 1.29. The molecule has 0 saturated heterocycles. The molecule has 0 N–H and O–H groups in total. The van der Waals surface area contributed by atoms with E-state index in [1.165, 1.54) is 10.8 Å². The normalized spacial score (nSPS) is 13.8. The summed E-state index contributed by atoms with van der Waals surface area (Å²) in [6.07, 6.45) is 7.62. The topological polar surface area (TPSA) is 0 Å². The van der Waals surface area contributed by atoms with Gasteiger partial charge in [-0.25, -0.2) is 0 Å². The number of rotatable bonds is 0. The molecule has 0 atom stereocenters. The molecule has 54 valence electrons. The molecule has 0 unspecified atom stereocenters. The average molecular weight is 142 g/mol. The van der Waals surface area contributed by atoms with Crippen molar-refractivity contribution in [2.75, 3.05) is 0 Å². The summed E-state index contributed by atoms with van der Waals surface area (Å²) in [6.45, 7) is 3.88. The zero-order valence-corrected chi connectivity index (χ0v) is 6.38. The van der Waals surface area contributed by atoms with Crippen LogP contribution in [0.15, 0.2) is 24.3 Å². The van der Waals surface area contributed by atoms with Gasteiger partial charge in [-0.2, -0.15) is 0 Å². The quantitative estimate of drug-likeness (QED) is 0.512. The zero-order chi connectivity index (χ0) is 7.68. The van der Waals surface area contributed by atoms with E-state index in [0.717, 1.165) is 11.6 Å². The first-order valence-corrected chi connectivity index (χ1v) is 3.82. The summed E-state index contributed by atoms with van der Waals surface area (Å²) in [6, 6.07) is 6.29. The average Bonchev–Trinajstić information content (AvgIpc) is 2.04. The van der Waals surface area contributed by atoms with Crippen LogP contribution in [0.5, 0.6) is 0 Å². The SMILES string of the molecule is C=c1ccc2c(c1)C=CCC=2. The van der Waals surface area contributed by atoms with Crippen LogP contribution >= 0.6 is 0 Å². The van der Waals surface area contributed by atoms with Crippen LogP contribution in [0.4, 0.5) is 0 Å². The van der Waals surface area contributed by atoms with Gasteiger partial charge in [-0.1, -0.05) is 36.9 Å². The van der Waals surface area contributed by atoms with Gasteiger partial charge in [0.2, 0.25) is 0 Å². The van der Waals surface area contributed by atoms with Crippen molar-refractivity contribution in [3.63, 3.8) is 0 Å². The van der Waals surface area contributed by atoms with Gasteiger partial charge in [0.25, 0.3) is 0 Å². The largest absolute Gasteiger partial charge is 0.0917 e. The van der Waals surface area contributed by atoms with Crippen molar-refractivity contribution in [2.45, 2.75) is 6.42 Å². The molecular weight excluding hydrogens is 132 g/mol. The Hall–Kier alpha value is -1.30. The molecule has 11 heavy (non-hydrogen) atoms. The second kappa shape index (κ2) is 2.39. The minimum Gasteiger partial charge on any atom is -0.0917 e. The van der Waals surface area contributed by atoms with Crippen molar-refractivity contribution in [1.29, 1.82) is 0 Å². The van der Waals surface area contributed by atoms with Gasteiger partial charge in [0.1, 0.15) is 0 Å². The van der Waals surface area contributed by atoms with E-state index in [-0.39, 0.29) is 0 Å². The maximum Gasteiger partial charge on any atom is -0.0157 e. The lowest BCUT2D eigenvalue weighted by Crippen LogP contribution is -2.12. The van der Waals surface area contributed by atoms with Crippen LogP contribution in [0, 0.1) is 0 Å². The van der Waals surface area contributed by atoms with E-state index >= 15 is 0 Å². The van der Waals surface area contributed by atoms with Crippen LogP contribution < -0.4 is 10.4 Å². The fraction of sp³-hybridized carbons (Fsp3) is 0.0909. The van der Waals surface area contributed by atoms with Crippen molar-refractivity contribution >= 4 is 18.7 Å². The van der Waals surface area contributed by atoms with E-state index in [9.17, 15) is 0 Å². The van der Waals surface area contributed by atoms with Crippen LogP contribution in [0.2, 0.25) is 0 Å². The minimum absolute atomic E-state index is 1.06. The Morgan fingerprint density at radius 3 is 3.09 bits per heavy atom.